The van der Waals surface area contributed by atoms with Crippen LogP contribution in [0.1, 0.15) is 9.67 Å². The summed E-state index contributed by atoms with van der Waals surface area (Å²) < 4.78 is 31.9. The summed E-state index contributed by atoms with van der Waals surface area (Å²) in [7, 11) is 1.16. The first-order valence-corrected chi connectivity index (χ1v) is 8.67. The second-order valence-corrected chi connectivity index (χ2v) is 7.22. The Bertz CT molecular complexity index is 764. The van der Waals surface area contributed by atoms with Crippen LogP contribution in [0.4, 0.5) is 11.4 Å². The highest BCUT2D eigenvalue weighted by atomic mass is 32.2. The van der Waals surface area contributed by atoms with Crippen LogP contribution in [-0.2, 0) is 14.8 Å². The quantitative estimate of drug-likeness (QED) is 0.846. The largest absolute Gasteiger partial charge is 0.465 e. The van der Waals surface area contributed by atoms with Gasteiger partial charge in [-0.2, -0.15) is 0 Å². The highest BCUT2D eigenvalue weighted by Gasteiger charge is 2.24. The van der Waals surface area contributed by atoms with Crippen LogP contribution in [-0.4, -0.2) is 35.6 Å². The molecular weight excluding hydrogens is 324 g/mol. The Kier molecular flexibility index (Phi) is 4.72. The molecule has 1 heterocycles. The number of hydrogen-bond acceptors (Lipinski definition) is 6. The van der Waals surface area contributed by atoms with Gasteiger partial charge in [0, 0.05) is 25.5 Å². The van der Waals surface area contributed by atoms with Crippen molar-refractivity contribution < 1.29 is 17.9 Å². The van der Waals surface area contributed by atoms with E-state index in [1.165, 1.54) is 18.6 Å². The molecule has 0 saturated carbocycles. The van der Waals surface area contributed by atoms with Gasteiger partial charge in [0.25, 0.3) is 10.0 Å². The van der Waals surface area contributed by atoms with Crippen LogP contribution in [0.15, 0.2) is 40.6 Å². The number of hydrogen-bond donors (Lipinski definition) is 1. The van der Waals surface area contributed by atoms with Crippen LogP contribution in [0.25, 0.3) is 0 Å². The minimum absolute atomic E-state index is 0.0555. The van der Waals surface area contributed by atoms with Crippen molar-refractivity contribution in [2.75, 3.05) is 30.8 Å². The average Bonchev–Trinajstić information content (AvgIpc) is 2.97. The molecule has 6 nitrogen and oxygen atoms in total. The number of ether oxygens (including phenoxy) is 1. The standard InChI is InChI=1S/C14H16N2O4S2/c1-16(2)11-6-4-10(5-7-11)15-22(18,19)12-8-9-21-13(12)14(17)20-3/h4-9,15H,1-3H3. The van der Waals surface area contributed by atoms with Crippen molar-refractivity contribution >= 4 is 38.7 Å². The Balaban J connectivity index is 2.28. The third-order valence-corrected chi connectivity index (χ3v) is 5.37. The van der Waals surface area contributed by atoms with E-state index in [2.05, 4.69) is 9.46 Å². The number of sulfonamides is 1. The Morgan fingerprint density at radius 3 is 2.36 bits per heavy atom. The van der Waals surface area contributed by atoms with Gasteiger partial charge in [-0.05, 0) is 35.7 Å². The number of benzene rings is 1. The molecule has 0 bridgehead atoms. The lowest BCUT2D eigenvalue weighted by atomic mass is 10.3. The summed E-state index contributed by atoms with van der Waals surface area (Å²) in [6.45, 7) is 0. The Labute approximate surface area is 133 Å². The maximum Gasteiger partial charge on any atom is 0.349 e. The fourth-order valence-corrected chi connectivity index (χ4v) is 4.18. The molecule has 8 heteroatoms. The van der Waals surface area contributed by atoms with Gasteiger partial charge in [0.1, 0.15) is 9.77 Å². The molecule has 0 atom stereocenters. The van der Waals surface area contributed by atoms with Crippen LogP contribution in [0.3, 0.4) is 0 Å². The molecular formula is C14H16N2O4S2. The number of nitrogens with zero attached hydrogens (tertiary/aromatic N) is 1. The zero-order chi connectivity index (χ0) is 16.3. The predicted molar refractivity (Wildman–Crippen MR) is 87.2 cm³/mol. The van der Waals surface area contributed by atoms with E-state index in [4.69, 9.17) is 0 Å². The van der Waals surface area contributed by atoms with Crippen molar-refractivity contribution in [2.24, 2.45) is 0 Å². The van der Waals surface area contributed by atoms with Gasteiger partial charge in [-0.25, -0.2) is 13.2 Å². The smallest absolute Gasteiger partial charge is 0.349 e. The van der Waals surface area contributed by atoms with E-state index in [9.17, 15) is 13.2 Å². The normalized spacial score (nSPS) is 11.0. The van der Waals surface area contributed by atoms with Crippen molar-refractivity contribution in [3.05, 3.63) is 40.6 Å². The Morgan fingerprint density at radius 2 is 1.82 bits per heavy atom. The van der Waals surface area contributed by atoms with Crippen molar-refractivity contribution in [3.8, 4) is 0 Å². The topological polar surface area (TPSA) is 75.7 Å². The molecule has 0 fully saturated rings. The molecule has 0 unspecified atom stereocenters. The first-order valence-electron chi connectivity index (χ1n) is 6.31. The van der Waals surface area contributed by atoms with Crippen molar-refractivity contribution in [3.63, 3.8) is 0 Å². The maximum absolute atomic E-state index is 12.4. The predicted octanol–water partition coefficient (Wildman–Crippen LogP) is 2.40. The lowest BCUT2D eigenvalue weighted by molar-refractivity contribution is 0.0602. The molecule has 0 aliphatic heterocycles. The zero-order valence-electron chi connectivity index (χ0n) is 12.4. The van der Waals surface area contributed by atoms with Gasteiger partial charge in [0.2, 0.25) is 0 Å². The van der Waals surface area contributed by atoms with Gasteiger partial charge < -0.3 is 9.64 Å². The summed E-state index contributed by atoms with van der Waals surface area (Å²) in [5.41, 5.74) is 1.38. The molecule has 0 radical (unpaired) electrons. The van der Waals surface area contributed by atoms with Gasteiger partial charge >= 0.3 is 5.97 Å². The summed E-state index contributed by atoms with van der Waals surface area (Å²) >= 11 is 1.03. The van der Waals surface area contributed by atoms with Crippen molar-refractivity contribution in [2.45, 2.75) is 4.90 Å². The molecule has 0 spiro atoms. The summed E-state index contributed by atoms with van der Waals surface area (Å²) in [6, 6.07) is 8.31. The van der Waals surface area contributed by atoms with Crippen LogP contribution >= 0.6 is 11.3 Å². The lowest BCUT2D eigenvalue weighted by Crippen LogP contribution is -2.16. The number of esters is 1. The van der Waals surface area contributed by atoms with E-state index in [-0.39, 0.29) is 9.77 Å². The highest BCUT2D eigenvalue weighted by molar-refractivity contribution is 7.93. The fourth-order valence-electron chi connectivity index (χ4n) is 1.79. The lowest BCUT2D eigenvalue weighted by Gasteiger charge is -2.13. The van der Waals surface area contributed by atoms with Crippen LogP contribution in [0.5, 0.6) is 0 Å². The van der Waals surface area contributed by atoms with Crippen LogP contribution < -0.4 is 9.62 Å². The van der Waals surface area contributed by atoms with Gasteiger partial charge in [-0.1, -0.05) is 0 Å². The highest BCUT2D eigenvalue weighted by Crippen LogP contribution is 2.25. The van der Waals surface area contributed by atoms with E-state index in [1.807, 2.05) is 19.0 Å². The van der Waals surface area contributed by atoms with Crippen LogP contribution in [0, 0.1) is 0 Å². The summed E-state index contributed by atoms with van der Waals surface area (Å²) in [4.78, 5) is 13.5. The summed E-state index contributed by atoms with van der Waals surface area (Å²) in [5.74, 6) is -0.668. The summed E-state index contributed by atoms with van der Waals surface area (Å²) in [5, 5.41) is 1.54. The molecule has 22 heavy (non-hydrogen) atoms. The third-order valence-electron chi connectivity index (χ3n) is 2.93. The molecule has 0 aliphatic carbocycles. The fraction of sp³-hybridized carbons (Fsp3) is 0.214. The first kappa shape index (κ1) is 16.3. The average molecular weight is 340 g/mol. The minimum atomic E-state index is -3.84. The number of carbonyl (C=O) groups is 1. The van der Waals surface area contributed by atoms with E-state index in [1.54, 1.807) is 24.3 Å². The van der Waals surface area contributed by atoms with Gasteiger partial charge in [-0.3, -0.25) is 4.72 Å². The minimum Gasteiger partial charge on any atom is -0.465 e. The second kappa shape index (κ2) is 6.37. The molecule has 2 aromatic rings. The van der Waals surface area contributed by atoms with Crippen molar-refractivity contribution in [1.29, 1.82) is 0 Å². The van der Waals surface area contributed by atoms with Gasteiger partial charge in [0.05, 0.1) is 7.11 Å². The van der Waals surface area contributed by atoms with E-state index < -0.39 is 16.0 Å². The monoisotopic (exact) mass is 340 g/mol. The molecule has 118 valence electrons. The molecule has 1 aromatic heterocycles. The van der Waals surface area contributed by atoms with Crippen molar-refractivity contribution in [1.82, 2.24) is 0 Å². The zero-order valence-corrected chi connectivity index (χ0v) is 14.0. The third kappa shape index (κ3) is 3.40. The first-order chi connectivity index (χ1) is 10.3. The molecule has 1 aromatic carbocycles. The number of methoxy groups -OCH3 is 1. The SMILES string of the molecule is COC(=O)c1sccc1S(=O)(=O)Nc1ccc(N(C)C)cc1. The molecule has 1 N–H and O–H groups in total. The number of thiophene rings is 1. The number of nitrogens with one attached hydrogen (secondary N) is 1. The number of carbonyl (C=O) groups excluding carboxylic acids is 1. The van der Waals surface area contributed by atoms with Gasteiger partial charge in [0.15, 0.2) is 0 Å². The van der Waals surface area contributed by atoms with Gasteiger partial charge in [-0.15, -0.1) is 11.3 Å². The molecule has 2 rings (SSSR count). The van der Waals surface area contributed by atoms with E-state index in [0.717, 1.165) is 17.0 Å². The second-order valence-electron chi connectivity index (χ2n) is 4.65. The number of rotatable bonds is 5. The molecule has 0 amide bonds. The number of anilines is 2. The molecule has 0 saturated heterocycles. The Hall–Kier alpha value is -2.06. The maximum atomic E-state index is 12.4. The Morgan fingerprint density at radius 1 is 1.18 bits per heavy atom. The van der Waals surface area contributed by atoms with E-state index >= 15 is 0 Å². The van der Waals surface area contributed by atoms with E-state index in [0.29, 0.717) is 5.69 Å². The summed E-state index contributed by atoms with van der Waals surface area (Å²) in [6.07, 6.45) is 0. The van der Waals surface area contributed by atoms with Crippen LogP contribution in [0.2, 0.25) is 0 Å². The molecule has 0 aliphatic rings.